The lowest BCUT2D eigenvalue weighted by molar-refractivity contribution is -0.384. The zero-order valence-corrected chi connectivity index (χ0v) is 21.3. The number of carbonyl (C=O) groups is 3. The summed E-state index contributed by atoms with van der Waals surface area (Å²) in [7, 11) is 0. The quantitative estimate of drug-likeness (QED) is 0.267. The van der Waals surface area contributed by atoms with Crippen molar-refractivity contribution >= 4 is 34.8 Å². The first-order chi connectivity index (χ1) is 19.3. The molecule has 3 heterocycles. The lowest BCUT2D eigenvalue weighted by Gasteiger charge is -2.25. The number of anilines is 1. The summed E-state index contributed by atoms with van der Waals surface area (Å²) in [6.45, 7) is 1.57. The van der Waals surface area contributed by atoms with Gasteiger partial charge in [-0.3, -0.25) is 29.5 Å². The van der Waals surface area contributed by atoms with Gasteiger partial charge in [0, 0.05) is 18.6 Å². The monoisotopic (exact) mass is 537 g/mol. The summed E-state index contributed by atoms with van der Waals surface area (Å²) in [5.74, 6) is -1.45. The number of benzene rings is 3. The first-order valence-electron chi connectivity index (χ1n) is 12.6. The number of amides is 3. The molecule has 3 aromatic rings. The van der Waals surface area contributed by atoms with Crippen LogP contribution in [0.2, 0.25) is 0 Å². The third kappa shape index (κ3) is 4.28. The van der Waals surface area contributed by atoms with Crippen LogP contribution >= 0.6 is 0 Å². The number of nitro benzene ring substituents is 1. The smallest absolute Gasteiger partial charge is 0.269 e. The summed E-state index contributed by atoms with van der Waals surface area (Å²) in [5, 5.41) is 26.3. The molecule has 0 unspecified atom stereocenters. The Balaban J connectivity index is 1.26. The van der Waals surface area contributed by atoms with E-state index in [9.17, 15) is 24.5 Å². The number of fused-ring (bicyclic) bond motifs is 1. The number of aryl methyl sites for hydroxylation is 1. The molecule has 0 N–H and O–H groups in total. The van der Waals surface area contributed by atoms with E-state index in [0.29, 0.717) is 23.4 Å². The van der Waals surface area contributed by atoms with Crippen LogP contribution in [0.1, 0.15) is 29.2 Å². The Morgan fingerprint density at radius 1 is 0.975 bits per heavy atom. The first-order valence-corrected chi connectivity index (χ1v) is 12.6. The molecule has 3 aromatic carbocycles. The van der Waals surface area contributed by atoms with Gasteiger partial charge in [-0.15, -0.1) is 0 Å². The molecule has 0 spiro atoms. The predicted molar refractivity (Wildman–Crippen MR) is 143 cm³/mol. The van der Waals surface area contributed by atoms with Crippen molar-refractivity contribution in [2.75, 3.05) is 11.4 Å². The van der Waals surface area contributed by atoms with Crippen molar-refractivity contribution in [3.8, 4) is 0 Å². The number of non-ortho nitro benzene ring substituents is 1. The minimum Gasteiger partial charge on any atom is -0.271 e. The van der Waals surface area contributed by atoms with Gasteiger partial charge in [-0.25, -0.2) is 9.91 Å². The van der Waals surface area contributed by atoms with Crippen molar-refractivity contribution < 1.29 is 19.3 Å². The van der Waals surface area contributed by atoms with E-state index >= 15 is 0 Å². The number of carbonyl (C=O) groups excluding carboxylic acids is 3. The molecule has 1 saturated heterocycles. The summed E-state index contributed by atoms with van der Waals surface area (Å²) in [4.78, 5) is 51.8. The molecule has 40 heavy (non-hydrogen) atoms. The second-order valence-electron chi connectivity index (χ2n) is 9.76. The maximum Gasteiger partial charge on any atom is 0.269 e. The second kappa shape index (κ2) is 9.80. The van der Waals surface area contributed by atoms with Crippen LogP contribution in [-0.4, -0.2) is 57.0 Å². The van der Waals surface area contributed by atoms with Crippen LogP contribution in [0.5, 0.6) is 0 Å². The fourth-order valence-corrected chi connectivity index (χ4v) is 5.14. The normalized spacial score (nSPS) is 21.7. The topological polar surface area (TPSA) is 141 Å². The Morgan fingerprint density at radius 3 is 2.35 bits per heavy atom. The third-order valence-corrected chi connectivity index (χ3v) is 7.21. The van der Waals surface area contributed by atoms with Crippen molar-refractivity contribution in [3.05, 3.63) is 106 Å². The number of hydrogen-bond donors (Lipinski definition) is 0. The Bertz CT molecular complexity index is 1570. The first kappa shape index (κ1) is 25.0. The summed E-state index contributed by atoms with van der Waals surface area (Å²) >= 11 is 0. The van der Waals surface area contributed by atoms with Crippen molar-refractivity contribution in [2.45, 2.75) is 31.5 Å². The molecule has 0 bridgehead atoms. The number of nitro groups is 1. The molecule has 1 fully saturated rings. The highest BCUT2D eigenvalue weighted by molar-refractivity contribution is 6.25. The number of hydrogen-bond acceptors (Lipinski definition) is 9. The standard InChI is InChI=1S/C28H23N7O5/c1-17-7-11-20(12-8-17)33-27(37)25-26(28(33)38)32(31-29-25)16-24(36)34-23(19-9-13-21(14-10-19)35(39)40)15-22(30-34)18-5-3-2-4-6-18/h2-14,23,25-26H,15-16H2,1H3/t23-,25-,26+/m0/s1. The molecule has 200 valence electrons. The van der Waals surface area contributed by atoms with E-state index in [-0.39, 0.29) is 12.2 Å². The maximum absolute atomic E-state index is 13.7. The molecule has 0 aliphatic carbocycles. The molecule has 3 amide bonds. The summed E-state index contributed by atoms with van der Waals surface area (Å²) in [6, 6.07) is 19.8. The van der Waals surface area contributed by atoms with Gasteiger partial charge >= 0.3 is 0 Å². The fourth-order valence-electron chi connectivity index (χ4n) is 5.14. The largest absolute Gasteiger partial charge is 0.271 e. The average molecular weight is 538 g/mol. The summed E-state index contributed by atoms with van der Waals surface area (Å²) in [5.41, 5.74) is 3.55. The van der Waals surface area contributed by atoms with Crippen LogP contribution in [0.15, 0.2) is 94.3 Å². The van der Waals surface area contributed by atoms with Crippen molar-refractivity contribution in [1.82, 2.24) is 10.0 Å². The SMILES string of the molecule is Cc1ccc(N2C(=O)[C@H]3N=NN(CC(=O)N4N=C(c5ccccc5)C[C@H]4c4ccc([N+](=O)[O-])cc4)[C@H]3C2=O)cc1. The molecule has 0 radical (unpaired) electrons. The van der Waals surface area contributed by atoms with E-state index in [0.717, 1.165) is 16.0 Å². The van der Waals surface area contributed by atoms with Crippen molar-refractivity contribution in [1.29, 1.82) is 0 Å². The number of hydrazone groups is 1. The van der Waals surface area contributed by atoms with Gasteiger partial charge in [0.25, 0.3) is 23.4 Å². The van der Waals surface area contributed by atoms with Gasteiger partial charge < -0.3 is 0 Å². The lowest BCUT2D eigenvalue weighted by atomic mass is 9.98. The van der Waals surface area contributed by atoms with Crippen LogP contribution in [0.25, 0.3) is 0 Å². The lowest BCUT2D eigenvalue weighted by Crippen LogP contribution is -2.44. The van der Waals surface area contributed by atoms with Crippen molar-refractivity contribution in [2.24, 2.45) is 15.4 Å². The average Bonchev–Trinajstić information content (AvgIpc) is 3.65. The molecule has 3 aliphatic rings. The van der Waals surface area contributed by atoms with Crippen LogP contribution in [0.4, 0.5) is 11.4 Å². The fraction of sp³-hybridized carbons (Fsp3) is 0.214. The second-order valence-corrected chi connectivity index (χ2v) is 9.76. The third-order valence-electron chi connectivity index (χ3n) is 7.21. The van der Waals surface area contributed by atoms with E-state index in [1.807, 2.05) is 37.3 Å². The molecule has 12 nitrogen and oxygen atoms in total. The van der Waals surface area contributed by atoms with E-state index in [2.05, 4.69) is 15.4 Å². The molecular weight excluding hydrogens is 514 g/mol. The maximum atomic E-state index is 13.7. The molecule has 12 heteroatoms. The van der Waals surface area contributed by atoms with Crippen LogP contribution in [0.3, 0.4) is 0 Å². The van der Waals surface area contributed by atoms with E-state index in [1.165, 1.54) is 22.2 Å². The Morgan fingerprint density at radius 2 is 1.68 bits per heavy atom. The Hall–Kier alpha value is -5.26. The zero-order valence-electron chi connectivity index (χ0n) is 21.3. The van der Waals surface area contributed by atoms with Crippen molar-refractivity contribution in [3.63, 3.8) is 0 Å². The van der Waals surface area contributed by atoms with Gasteiger partial charge in [-0.1, -0.05) is 65.4 Å². The predicted octanol–water partition coefficient (Wildman–Crippen LogP) is 3.57. The summed E-state index contributed by atoms with van der Waals surface area (Å²) < 4.78 is 0. The van der Waals surface area contributed by atoms with Crippen LogP contribution in [-0.2, 0) is 14.4 Å². The molecular formula is C28H23N7O5. The minimum absolute atomic E-state index is 0.0603. The van der Waals surface area contributed by atoms with Gasteiger partial charge in [0.1, 0.15) is 6.54 Å². The Labute approximate surface area is 228 Å². The van der Waals surface area contributed by atoms with Gasteiger partial charge in [0.15, 0.2) is 12.1 Å². The number of rotatable bonds is 6. The molecule has 3 aliphatic heterocycles. The minimum atomic E-state index is -1.03. The highest BCUT2D eigenvalue weighted by atomic mass is 16.6. The van der Waals surface area contributed by atoms with Gasteiger partial charge in [0.2, 0.25) is 0 Å². The molecule has 0 saturated carbocycles. The van der Waals surface area contributed by atoms with Gasteiger partial charge in [-0.05, 0) is 30.2 Å². The highest BCUT2D eigenvalue weighted by Crippen LogP contribution is 2.35. The zero-order chi connectivity index (χ0) is 28.0. The molecule has 3 atom stereocenters. The highest BCUT2D eigenvalue weighted by Gasteiger charge is 2.55. The summed E-state index contributed by atoms with van der Waals surface area (Å²) in [6.07, 6.45) is 0.389. The van der Waals surface area contributed by atoms with Crippen LogP contribution in [0, 0.1) is 17.0 Å². The van der Waals surface area contributed by atoms with E-state index < -0.39 is 40.8 Å². The number of imide groups is 1. The van der Waals surface area contributed by atoms with E-state index in [1.54, 1.807) is 36.4 Å². The van der Waals surface area contributed by atoms with Crippen LogP contribution < -0.4 is 4.90 Å². The van der Waals surface area contributed by atoms with Gasteiger partial charge in [0.05, 0.1) is 22.4 Å². The molecule has 0 aromatic heterocycles. The molecule has 6 rings (SSSR count). The number of nitrogens with zero attached hydrogens (tertiary/aromatic N) is 7. The van der Waals surface area contributed by atoms with Gasteiger partial charge in [-0.2, -0.15) is 10.2 Å². The Kier molecular flexibility index (Phi) is 6.14. The van der Waals surface area contributed by atoms with E-state index in [4.69, 9.17) is 0 Å².